The molecular weight excluding hydrogens is 394 g/mol. The van der Waals surface area contributed by atoms with Crippen molar-refractivity contribution in [2.24, 2.45) is 4.40 Å². The van der Waals surface area contributed by atoms with Gasteiger partial charge in [0.2, 0.25) is 0 Å². The third-order valence-electron chi connectivity index (χ3n) is 4.32. The zero-order valence-electron chi connectivity index (χ0n) is 15.8. The Bertz CT molecular complexity index is 1040. The number of amides is 1. The molecule has 0 fully saturated rings. The first-order valence-corrected chi connectivity index (χ1v) is 10.6. The van der Waals surface area contributed by atoms with Crippen molar-refractivity contribution in [3.63, 3.8) is 0 Å². The van der Waals surface area contributed by atoms with Crippen molar-refractivity contribution < 1.29 is 22.7 Å². The molecule has 0 aromatic heterocycles. The summed E-state index contributed by atoms with van der Waals surface area (Å²) in [5.74, 6) is -0.693. The molecule has 0 spiro atoms. The molecule has 9 heteroatoms. The zero-order chi connectivity index (χ0) is 20.9. The third kappa shape index (κ3) is 5.00. The summed E-state index contributed by atoms with van der Waals surface area (Å²) >= 11 is 0. The van der Waals surface area contributed by atoms with Crippen molar-refractivity contribution >= 4 is 33.4 Å². The first kappa shape index (κ1) is 20.5. The minimum Gasteiger partial charge on any atom is -0.450 e. The van der Waals surface area contributed by atoms with Crippen LogP contribution in [-0.4, -0.2) is 32.7 Å². The normalized spacial score (nSPS) is 15.3. The van der Waals surface area contributed by atoms with Crippen LogP contribution in [0.25, 0.3) is 0 Å². The summed E-state index contributed by atoms with van der Waals surface area (Å²) in [5, 5.41) is 5.52. The summed E-state index contributed by atoms with van der Waals surface area (Å²) in [7, 11) is -3.94. The fraction of sp³-hybridized carbons (Fsp3) is 0.250. The van der Waals surface area contributed by atoms with E-state index in [1.54, 1.807) is 25.1 Å². The van der Waals surface area contributed by atoms with Crippen LogP contribution in [0.2, 0.25) is 0 Å². The summed E-state index contributed by atoms with van der Waals surface area (Å²) in [6, 6.07) is 15.0. The molecule has 29 heavy (non-hydrogen) atoms. The van der Waals surface area contributed by atoms with Gasteiger partial charge in [0.1, 0.15) is 4.90 Å². The average Bonchev–Trinajstić information content (AvgIpc) is 2.71. The molecule has 0 saturated carbocycles. The number of nitrogens with one attached hydrogen (secondary N) is 2. The van der Waals surface area contributed by atoms with Crippen LogP contribution < -0.4 is 10.6 Å². The third-order valence-corrected chi connectivity index (χ3v) is 5.66. The Morgan fingerprint density at radius 1 is 1.10 bits per heavy atom. The Morgan fingerprint density at radius 3 is 2.52 bits per heavy atom. The second kappa shape index (κ2) is 8.87. The molecule has 8 nitrogen and oxygen atoms in total. The lowest BCUT2D eigenvalue weighted by molar-refractivity contribution is -0.113. The summed E-state index contributed by atoms with van der Waals surface area (Å²) in [5.41, 5.74) is 1.12. The van der Waals surface area contributed by atoms with Gasteiger partial charge in [-0.15, -0.1) is 4.40 Å². The second-order valence-electron chi connectivity index (χ2n) is 6.33. The van der Waals surface area contributed by atoms with E-state index in [0.29, 0.717) is 5.69 Å². The van der Waals surface area contributed by atoms with E-state index in [2.05, 4.69) is 15.0 Å². The molecule has 1 unspecified atom stereocenters. The van der Waals surface area contributed by atoms with Crippen LogP contribution in [0, 0.1) is 0 Å². The van der Waals surface area contributed by atoms with Crippen molar-refractivity contribution in [1.82, 2.24) is 5.32 Å². The number of fused-ring (bicyclic) bond motifs is 1. The number of para-hydroxylation sites is 1. The SMILES string of the molecule is CCOC(=O)NC(CCC(=O)C1=NS(=O)(=O)c2ccccc2N1)c1ccccc1. The number of anilines is 1. The van der Waals surface area contributed by atoms with E-state index in [1.165, 1.54) is 6.07 Å². The molecule has 1 aliphatic rings. The molecule has 2 N–H and O–H groups in total. The van der Waals surface area contributed by atoms with Gasteiger partial charge in [-0.3, -0.25) is 4.79 Å². The summed E-state index contributed by atoms with van der Waals surface area (Å²) in [4.78, 5) is 24.5. The van der Waals surface area contributed by atoms with Gasteiger partial charge in [0, 0.05) is 6.42 Å². The number of ketones is 1. The largest absolute Gasteiger partial charge is 0.450 e. The number of rotatable bonds is 7. The highest BCUT2D eigenvalue weighted by Crippen LogP contribution is 2.27. The standard InChI is InChI=1S/C20H21N3O5S/c1-2-28-20(25)22-15(14-8-4-3-5-9-14)12-13-17(24)19-21-16-10-6-7-11-18(16)29(26,27)23-19/h3-11,15H,2,12-13H2,1H3,(H,21,23)(H,22,25). The predicted octanol–water partition coefficient (Wildman–Crippen LogP) is 3.04. The lowest BCUT2D eigenvalue weighted by atomic mass is 10.0. The van der Waals surface area contributed by atoms with E-state index in [4.69, 9.17) is 4.74 Å². The van der Waals surface area contributed by atoms with Crippen LogP contribution in [0.4, 0.5) is 10.5 Å². The highest BCUT2D eigenvalue weighted by molar-refractivity contribution is 7.90. The molecule has 152 valence electrons. The average molecular weight is 415 g/mol. The molecule has 1 amide bonds. The van der Waals surface area contributed by atoms with Gasteiger partial charge in [-0.1, -0.05) is 42.5 Å². The van der Waals surface area contributed by atoms with Gasteiger partial charge in [-0.2, -0.15) is 8.42 Å². The first-order chi connectivity index (χ1) is 13.9. The minimum atomic E-state index is -3.94. The Hall–Kier alpha value is -3.20. The highest BCUT2D eigenvalue weighted by atomic mass is 32.2. The molecule has 2 aromatic rings. The van der Waals surface area contributed by atoms with Crippen LogP contribution >= 0.6 is 0 Å². The molecule has 0 bridgehead atoms. The Morgan fingerprint density at radius 2 is 1.79 bits per heavy atom. The maximum atomic E-state index is 12.6. The second-order valence-corrected chi connectivity index (χ2v) is 7.90. The molecule has 2 aromatic carbocycles. The number of alkyl carbamates (subject to hydrolysis) is 1. The number of hydrogen-bond acceptors (Lipinski definition) is 6. The number of amidine groups is 1. The van der Waals surface area contributed by atoms with Crippen LogP contribution in [0.1, 0.15) is 31.4 Å². The van der Waals surface area contributed by atoms with Gasteiger partial charge in [0.15, 0.2) is 11.6 Å². The molecule has 0 saturated heterocycles. The summed E-state index contributed by atoms with van der Waals surface area (Å²) in [6.45, 7) is 1.93. The number of nitrogens with zero attached hydrogens (tertiary/aromatic N) is 1. The zero-order valence-corrected chi connectivity index (χ0v) is 16.6. The fourth-order valence-electron chi connectivity index (χ4n) is 2.95. The smallest absolute Gasteiger partial charge is 0.407 e. The maximum absolute atomic E-state index is 12.6. The Kier molecular flexibility index (Phi) is 6.28. The quantitative estimate of drug-likeness (QED) is 0.718. The highest BCUT2D eigenvalue weighted by Gasteiger charge is 2.28. The Labute approximate surface area is 169 Å². The topological polar surface area (TPSA) is 114 Å². The van der Waals surface area contributed by atoms with Crippen molar-refractivity contribution in [3.05, 3.63) is 60.2 Å². The van der Waals surface area contributed by atoms with Crippen molar-refractivity contribution in [3.8, 4) is 0 Å². The van der Waals surface area contributed by atoms with Crippen LogP contribution in [0.3, 0.4) is 0 Å². The van der Waals surface area contributed by atoms with E-state index >= 15 is 0 Å². The predicted molar refractivity (Wildman–Crippen MR) is 108 cm³/mol. The van der Waals surface area contributed by atoms with Crippen molar-refractivity contribution in [1.29, 1.82) is 0 Å². The fourth-order valence-corrected chi connectivity index (χ4v) is 4.09. The van der Waals surface area contributed by atoms with E-state index in [-0.39, 0.29) is 30.2 Å². The molecular formula is C20H21N3O5S. The minimum absolute atomic E-state index is 0.0184. The van der Waals surface area contributed by atoms with Crippen molar-refractivity contribution in [2.75, 3.05) is 11.9 Å². The van der Waals surface area contributed by atoms with E-state index in [9.17, 15) is 18.0 Å². The number of benzene rings is 2. The monoisotopic (exact) mass is 415 g/mol. The van der Waals surface area contributed by atoms with Crippen molar-refractivity contribution in [2.45, 2.75) is 30.7 Å². The molecule has 0 radical (unpaired) electrons. The summed E-state index contributed by atoms with van der Waals surface area (Å²) < 4.78 is 33.2. The van der Waals surface area contributed by atoms with E-state index < -0.39 is 27.9 Å². The number of Topliss-reactive ketones (excluding diaryl/α,β-unsaturated/α-hetero) is 1. The van der Waals surface area contributed by atoms with Gasteiger partial charge >= 0.3 is 6.09 Å². The number of ether oxygens (including phenoxy) is 1. The van der Waals surface area contributed by atoms with E-state index in [1.807, 2.05) is 30.3 Å². The molecule has 1 aliphatic heterocycles. The van der Waals surface area contributed by atoms with Gasteiger partial charge < -0.3 is 15.4 Å². The van der Waals surface area contributed by atoms with Crippen LogP contribution in [0.15, 0.2) is 63.9 Å². The molecule has 1 heterocycles. The van der Waals surface area contributed by atoms with Gasteiger partial charge in [-0.05, 0) is 31.0 Å². The number of sulfonamides is 1. The van der Waals surface area contributed by atoms with E-state index in [0.717, 1.165) is 5.56 Å². The number of carbonyl (C=O) groups is 2. The molecule has 1 atom stereocenters. The molecule has 0 aliphatic carbocycles. The first-order valence-electron chi connectivity index (χ1n) is 9.13. The van der Waals surface area contributed by atoms with Gasteiger partial charge in [0.25, 0.3) is 10.0 Å². The lowest BCUT2D eigenvalue weighted by Gasteiger charge is -2.20. The lowest BCUT2D eigenvalue weighted by Crippen LogP contribution is -2.32. The molecule has 3 rings (SSSR count). The summed E-state index contributed by atoms with van der Waals surface area (Å²) in [6.07, 6.45) is -0.349. The van der Waals surface area contributed by atoms with Gasteiger partial charge in [-0.25, -0.2) is 4.79 Å². The number of carbonyl (C=O) groups excluding carboxylic acids is 2. The van der Waals surface area contributed by atoms with Crippen LogP contribution in [-0.2, 0) is 19.6 Å². The Balaban J connectivity index is 1.73. The van der Waals surface area contributed by atoms with Crippen LogP contribution in [0.5, 0.6) is 0 Å². The number of hydrogen-bond donors (Lipinski definition) is 2. The van der Waals surface area contributed by atoms with Gasteiger partial charge in [0.05, 0.1) is 18.3 Å². The maximum Gasteiger partial charge on any atom is 0.407 e.